The lowest BCUT2D eigenvalue weighted by atomic mass is 10.0. The van der Waals surface area contributed by atoms with Gasteiger partial charge in [-0.05, 0) is 37.5 Å². The van der Waals surface area contributed by atoms with E-state index >= 15 is 0 Å². The number of carbonyl (C=O) groups is 4. The van der Waals surface area contributed by atoms with Crippen LogP contribution in [0.15, 0.2) is 54.6 Å². The number of benzene rings is 2. The molecular formula is C25H27FN2O7. The van der Waals surface area contributed by atoms with Gasteiger partial charge in [0.2, 0.25) is 5.91 Å². The first-order valence-corrected chi connectivity index (χ1v) is 11.2. The van der Waals surface area contributed by atoms with E-state index in [1.54, 1.807) is 36.4 Å². The van der Waals surface area contributed by atoms with Crippen LogP contribution in [0, 0.1) is 0 Å². The Morgan fingerprint density at radius 3 is 2.49 bits per heavy atom. The summed E-state index contributed by atoms with van der Waals surface area (Å²) < 4.78 is 24.2. The Kier molecular flexibility index (Phi) is 9.16. The Morgan fingerprint density at radius 1 is 1.06 bits per heavy atom. The fourth-order valence-corrected chi connectivity index (χ4v) is 3.76. The molecular weight excluding hydrogens is 459 g/mol. The van der Waals surface area contributed by atoms with Gasteiger partial charge in [0.1, 0.15) is 36.9 Å². The van der Waals surface area contributed by atoms with Gasteiger partial charge in [0.15, 0.2) is 5.78 Å². The van der Waals surface area contributed by atoms with Gasteiger partial charge in [-0.1, -0.05) is 36.4 Å². The number of Topliss-reactive ketones (excluding diaryl/α,β-unsaturated/α-hetero) is 1. The van der Waals surface area contributed by atoms with Gasteiger partial charge in [-0.3, -0.25) is 19.3 Å². The number of carboxylic acid groups (broad SMARTS) is 1. The smallest absolute Gasteiger partial charge is 0.410 e. The van der Waals surface area contributed by atoms with Crippen LogP contribution in [0.5, 0.6) is 11.5 Å². The van der Waals surface area contributed by atoms with Crippen molar-refractivity contribution in [3.63, 3.8) is 0 Å². The molecule has 9 nitrogen and oxygen atoms in total. The summed E-state index contributed by atoms with van der Waals surface area (Å²) in [5.41, 5.74) is 0.623. The number of rotatable bonds is 10. The predicted molar refractivity (Wildman–Crippen MR) is 123 cm³/mol. The number of carboxylic acids is 1. The maximum absolute atomic E-state index is 12.9. The Morgan fingerprint density at radius 2 is 1.77 bits per heavy atom. The van der Waals surface area contributed by atoms with Crippen LogP contribution >= 0.6 is 0 Å². The van der Waals surface area contributed by atoms with Crippen molar-refractivity contribution in [3.05, 3.63) is 60.2 Å². The van der Waals surface area contributed by atoms with Crippen molar-refractivity contribution < 1.29 is 38.1 Å². The molecule has 0 saturated carbocycles. The molecule has 2 atom stereocenters. The van der Waals surface area contributed by atoms with Gasteiger partial charge in [0.05, 0.1) is 6.42 Å². The highest BCUT2D eigenvalue weighted by Gasteiger charge is 2.35. The van der Waals surface area contributed by atoms with E-state index in [0.29, 0.717) is 36.3 Å². The van der Waals surface area contributed by atoms with Crippen LogP contribution in [0.2, 0.25) is 0 Å². The molecule has 10 heteroatoms. The van der Waals surface area contributed by atoms with Crippen molar-refractivity contribution >= 4 is 23.8 Å². The molecule has 1 heterocycles. The lowest BCUT2D eigenvalue weighted by Gasteiger charge is -2.34. The number of ketones is 1. The van der Waals surface area contributed by atoms with Crippen molar-refractivity contribution in [1.29, 1.82) is 0 Å². The summed E-state index contributed by atoms with van der Waals surface area (Å²) in [4.78, 5) is 49.7. The van der Waals surface area contributed by atoms with Crippen LogP contribution in [0.1, 0.15) is 31.2 Å². The van der Waals surface area contributed by atoms with Gasteiger partial charge in [-0.2, -0.15) is 0 Å². The molecule has 35 heavy (non-hydrogen) atoms. The molecule has 2 aromatic carbocycles. The van der Waals surface area contributed by atoms with Gasteiger partial charge >= 0.3 is 12.1 Å². The van der Waals surface area contributed by atoms with Gasteiger partial charge in [0.25, 0.3) is 0 Å². The number of ether oxygens (including phenoxy) is 2. The number of alkyl halides is 1. The second-order valence-electron chi connectivity index (χ2n) is 8.04. The highest BCUT2D eigenvalue weighted by molar-refractivity contribution is 5.94. The van der Waals surface area contributed by atoms with Crippen molar-refractivity contribution in [2.24, 2.45) is 0 Å². The minimum atomic E-state index is -1.51. The molecule has 1 aliphatic heterocycles. The number of hydrogen-bond acceptors (Lipinski definition) is 6. The summed E-state index contributed by atoms with van der Waals surface area (Å²) in [6.07, 6.45) is 0.124. The first-order valence-electron chi connectivity index (χ1n) is 11.2. The van der Waals surface area contributed by atoms with Crippen LogP contribution in [-0.2, 0) is 25.7 Å². The number of carbonyl (C=O) groups excluding carboxylic acids is 3. The standard InChI is InChI=1S/C25H27FN2O7/c26-15-21(29)19(14-23(30)31)27-24(32)20-11-6-7-13-28(20)25(33)34-16-17-8-4-5-12-22(17)35-18-9-2-1-3-10-18/h1-5,8-10,12,19-20H,6-7,11,13-16H2,(H,27,32)(H,30,31). The summed E-state index contributed by atoms with van der Waals surface area (Å²) in [5, 5.41) is 11.2. The molecule has 1 fully saturated rings. The third-order valence-electron chi connectivity index (χ3n) is 5.55. The van der Waals surface area contributed by atoms with Gasteiger partial charge in [0, 0.05) is 12.1 Å². The molecule has 2 N–H and O–H groups in total. The molecule has 2 amide bonds. The molecule has 0 aromatic heterocycles. The topological polar surface area (TPSA) is 122 Å². The second-order valence-corrected chi connectivity index (χ2v) is 8.04. The highest BCUT2D eigenvalue weighted by atomic mass is 19.1. The molecule has 1 aliphatic rings. The van der Waals surface area contributed by atoms with E-state index in [9.17, 15) is 23.6 Å². The summed E-state index contributed by atoms with van der Waals surface area (Å²) in [7, 11) is 0. The van der Waals surface area contributed by atoms with Crippen molar-refractivity contribution in [1.82, 2.24) is 10.2 Å². The number of para-hydroxylation sites is 2. The van der Waals surface area contributed by atoms with Gasteiger partial charge in [-0.15, -0.1) is 0 Å². The van der Waals surface area contributed by atoms with E-state index in [2.05, 4.69) is 5.32 Å². The molecule has 0 spiro atoms. The zero-order chi connectivity index (χ0) is 25.2. The van der Waals surface area contributed by atoms with E-state index in [1.807, 2.05) is 18.2 Å². The largest absolute Gasteiger partial charge is 0.481 e. The number of nitrogens with zero attached hydrogens (tertiary/aromatic N) is 1. The lowest BCUT2D eigenvalue weighted by molar-refractivity contribution is -0.140. The number of nitrogens with one attached hydrogen (secondary N) is 1. The normalized spacial score (nSPS) is 16.1. The quantitative estimate of drug-likeness (QED) is 0.527. The summed E-state index contributed by atoms with van der Waals surface area (Å²) in [6, 6.07) is 13.7. The lowest BCUT2D eigenvalue weighted by Crippen LogP contribution is -2.55. The number of piperidine rings is 1. The van der Waals surface area contributed by atoms with E-state index in [0.717, 1.165) is 0 Å². The molecule has 0 bridgehead atoms. The second kappa shape index (κ2) is 12.5. The predicted octanol–water partition coefficient (Wildman–Crippen LogP) is 3.47. The zero-order valence-electron chi connectivity index (χ0n) is 19.0. The number of aliphatic carboxylic acids is 1. The monoisotopic (exact) mass is 486 g/mol. The van der Waals surface area contributed by atoms with E-state index in [4.69, 9.17) is 14.6 Å². The molecule has 2 unspecified atom stereocenters. The van der Waals surface area contributed by atoms with Crippen LogP contribution < -0.4 is 10.1 Å². The molecule has 186 valence electrons. The third kappa shape index (κ3) is 7.26. The Hall–Kier alpha value is -3.95. The number of halogens is 1. The van der Waals surface area contributed by atoms with Crippen LogP contribution in [0.25, 0.3) is 0 Å². The van der Waals surface area contributed by atoms with Crippen LogP contribution in [-0.4, -0.2) is 59.1 Å². The summed E-state index contributed by atoms with van der Waals surface area (Å²) in [5.74, 6) is -1.98. The van der Waals surface area contributed by atoms with Crippen molar-refractivity contribution in [3.8, 4) is 11.5 Å². The van der Waals surface area contributed by atoms with Gasteiger partial charge < -0.3 is 19.9 Å². The molecule has 0 aliphatic carbocycles. The Labute approximate surface area is 201 Å². The van der Waals surface area contributed by atoms with E-state index < -0.39 is 48.9 Å². The number of hydrogen-bond donors (Lipinski definition) is 2. The van der Waals surface area contributed by atoms with Gasteiger partial charge in [-0.25, -0.2) is 9.18 Å². The van der Waals surface area contributed by atoms with Crippen LogP contribution in [0.3, 0.4) is 0 Å². The fourth-order valence-electron chi connectivity index (χ4n) is 3.76. The van der Waals surface area contributed by atoms with Crippen molar-refractivity contribution in [2.45, 2.75) is 44.4 Å². The van der Waals surface area contributed by atoms with E-state index in [-0.39, 0.29) is 13.2 Å². The molecule has 2 aromatic rings. The number of amides is 2. The maximum Gasteiger partial charge on any atom is 0.410 e. The minimum absolute atomic E-state index is 0.103. The maximum atomic E-state index is 12.9. The van der Waals surface area contributed by atoms with E-state index in [1.165, 1.54) is 4.90 Å². The van der Waals surface area contributed by atoms with Crippen LogP contribution in [0.4, 0.5) is 9.18 Å². The minimum Gasteiger partial charge on any atom is -0.481 e. The SMILES string of the molecule is O=C(O)CC(NC(=O)C1CCCCN1C(=O)OCc1ccccc1Oc1ccccc1)C(=O)CF. The molecule has 3 rings (SSSR count). The Bertz CT molecular complexity index is 1050. The zero-order valence-corrected chi connectivity index (χ0v) is 19.0. The fraction of sp³-hybridized carbons (Fsp3) is 0.360. The summed E-state index contributed by atoms with van der Waals surface area (Å²) >= 11 is 0. The average Bonchev–Trinajstić information content (AvgIpc) is 2.87. The first-order chi connectivity index (χ1) is 16.9. The Balaban J connectivity index is 1.65. The third-order valence-corrected chi connectivity index (χ3v) is 5.55. The molecule has 1 saturated heterocycles. The first kappa shape index (κ1) is 25.7. The average molecular weight is 486 g/mol. The summed E-state index contributed by atoms with van der Waals surface area (Å²) in [6.45, 7) is -1.26. The highest BCUT2D eigenvalue weighted by Crippen LogP contribution is 2.26. The number of likely N-dealkylation sites (tertiary alicyclic amines) is 1. The molecule has 0 radical (unpaired) electrons. The van der Waals surface area contributed by atoms with Crippen molar-refractivity contribution in [2.75, 3.05) is 13.2 Å².